The maximum absolute atomic E-state index is 12.5. The second-order valence-corrected chi connectivity index (χ2v) is 5.14. The van der Waals surface area contributed by atoms with E-state index >= 15 is 0 Å². The van der Waals surface area contributed by atoms with Gasteiger partial charge in [0, 0.05) is 18.8 Å². The zero-order valence-electron chi connectivity index (χ0n) is 13.2. The summed E-state index contributed by atoms with van der Waals surface area (Å²) in [5, 5.41) is 0. The second kappa shape index (κ2) is 7.26. The Morgan fingerprint density at radius 1 is 1.27 bits per heavy atom. The zero-order chi connectivity index (χ0) is 16.1. The molecule has 1 aromatic rings. The van der Waals surface area contributed by atoms with Crippen LogP contribution in [0.1, 0.15) is 13.8 Å². The van der Waals surface area contributed by atoms with Crippen molar-refractivity contribution in [1.82, 2.24) is 4.90 Å². The topological polar surface area (TPSA) is 59.1 Å². The number of carbonyl (C=O) groups is 2. The number of methoxy groups -OCH3 is 1. The van der Waals surface area contributed by atoms with E-state index in [0.29, 0.717) is 19.7 Å². The summed E-state index contributed by atoms with van der Waals surface area (Å²) in [5.74, 6) is 0.450. The molecule has 1 aliphatic heterocycles. The average molecular weight is 306 g/mol. The third-order valence-electron chi connectivity index (χ3n) is 3.80. The quantitative estimate of drug-likeness (QED) is 0.767. The van der Waals surface area contributed by atoms with E-state index in [9.17, 15) is 9.59 Å². The number of anilines is 1. The van der Waals surface area contributed by atoms with Crippen LogP contribution in [0.25, 0.3) is 0 Å². The minimum Gasteiger partial charge on any atom is -0.497 e. The van der Waals surface area contributed by atoms with Crippen LogP contribution in [0.2, 0.25) is 0 Å². The summed E-state index contributed by atoms with van der Waals surface area (Å²) < 4.78 is 10.1. The Kier molecular flexibility index (Phi) is 5.38. The van der Waals surface area contributed by atoms with E-state index in [0.717, 1.165) is 11.4 Å². The average Bonchev–Trinajstić information content (AvgIpc) is 2.52. The van der Waals surface area contributed by atoms with Crippen LogP contribution in [0, 0.1) is 0 Å². The van der Waals surface area contributed by atoms with Crippen molar-refractivity contribution in [3.8, 4) is 5.75 Å². The molecule has 1 aliphatic rings. The van der Waals surface area contributed by atoms with Gasteiger partial charge in [-0.25, -0.2) is 0 Å². The van der Waals surface area contributed by atoms with Gasteiger partial charge in [-0.3, -0.25) is 14.5 Å². The highest BCUT2D eigenvalue weighted by Crippen LogP contribution is 2.23. The first kappa shape index (κ1) is 16.3. The van der Waals surface area contributed by atoms with Gasteiger partial charge in [0.1, 0.15) is 5.75 Å². The van der Waals surface area contributed by atoms with Crippen molar-refractivity contribution >= 4 is 17.6 Å². The normalized spacial score (nSPS) is 19.1. The molecular weight excluding hydrogens is 284 g/mol. The molecule has 120 valence electrons. The van der Waals surface area contributed by atoms with Crippen molar-refractivity contribution in [1.29, 1.82) is 0 Å². The number of hydrogen-bond donors (Lipinski definition) is 0. The molecule has 2 rings (SSSR count). The van der Waals surface area contributed by atoms with E-state index in [1.165, 1.54) is 0 Å². The van der Waals surface area contributed by atoms with E-state index in [1.54, 1.807) is 18.9 Å². The van der Waals surface area contributed by atoms with Gasteiger partial charge in [-0.15, -0.1) is 0 Å². The van der Waals surface area contributed by atoms with Crippen LogP contribution >= 0.6 is 0 Å². The van der Waals surface area contributed by atoms with Gasteiger partial charge in [0.15, 0.2) is 0 Å². The van der Waals surface area contributed by atoms with Gasteiger partial charge in [0.25, 0.3) is 0 Å². The number of nitrogens with zero attached hydrogens (tertiary/aromatic N) is 2. The Morgan fingerprint density at radius 2 is 1.95 bits per heavy atom. The van der Waals surface area contributed by atoms with Gasteiger partial charge in [-0.05, 0) is 38.1 Å². The number of ether oxygens (including phenoxy) is 2. The van der Waals surface area contributed by atoms with Crippen molar-refractivity contribution in [2.45, 2.75) is 19.9 Å². The molecule has 22 heavy (non-hydrogen) atoms. The molecule has 0 unspecified atom stereocenters. The highest BCUT2D eigenvalue weighted by Gasteiger charge is 2.33. The van der Waals surface area contributed by atoms with Crippen molar-refractivity contribution in [2.24, 2.45) is 0 Å². The molecule has 6 heteroatoms. The Balaban J connectivity index is 2.03. The van der Waals surface area contributed by atoms with Crippen LogP contribution in [-0.2, 0) is 14.3 Å². The van der Waals surface area contributed by atoms with Gasteiger partial charge in [-0.1, -0.05) is 0 Å². The maximum atomic E-state index is 12.5. The monoisotopic (exact) mass is 306 g/mol. The fraction of sp³-hybridized carbons (Fsp3) is 0.500. The minimum atomic E-state index is -0.347. The van der Waals surface area contributed by atoms with E-state index in [2.05, 4.69) is 0 Å². The lowest BCUT2D eigenvalue weighted by molar-refractivity contribution is -0.145. The van der Waals surface area contributed by atoms with Crippen molar-refractivity contribution in [2.75, 3.05) is 38.3 Å². The molecule has 0 aliphatic carbocycles. The number of hydrogen-bond acceptors (Lipinski definition) is 5. The predicted molar refractivity (Wildman–Crippen MR) is 83.0 cm³/mol. The van der Waals surface area contributed by atoms with Crippen LogP contribution in [0.15, 0.2) is 24.3 Å². The van der Waals surface area contributed by atoms with Crippen LogP contribution in [0.5, 0.6) is 5.75 Å². The fourth-order valence-electron chi connectivity index (χ4n) is 2.52. The lowest BCUT2D eigenvalue weighted by Gasteiger charge is -2.38. The Bertz CT molecular complexity index is 529. The third kappa shape index (κ3) is 3.57. The van der Waals surface area contributed by atoms with Gasteiger partial charge in [-0.2, -0.15) is 0 Å². The van der Waals surface area contributed by atoms with Gasteiger partial charge in [0.2, 0.25) is 5.91 Å². The van der Waals surface area contributed by atoms with E-state index in [4.69, 9.17) is 9.47 Å². The lowest BCUT2D eigenvalue weighted by atomic mass is 10.1. The molecule has 1 fully saturated rings. The fourth-order valence-corrected chi connectivity index (χ4v) is 2.52. The van der Waals surface area contributed by atoms with E-state index < -0.39 is 0 Å². The van der Waals surface area contributed by atoms with Gasteiger partial charge >= 0.3 is 5.97 Å². The molecule has 6 nitrogen and oxygen atoms in total. The molecule has 0 saturated carbocycles. The molecule has 1 atom stereocenters. The molecule has 1 saturated heterocycles. The molecular formula is C16H22N2O4. The largest absolute Gasteiger partial charge is 0.497 e. The van der Waals surface area contributed by atoms with Gasteiger partial charge < -0.3 is 14.4 Å². The molecule has 0 radical (unpaired) electrons. The second-order valence-electron chi connectivity index (χ2n) is 5.14. The smallest absolute Gasteiger partial charge is 0.320 e. The number of benzene rings is 1. The third-order valence-corrected chi connectivity index (χ3v) is 3.80. The first-order valence-electron chi connectivity index (χ1n) is 7.42. The molecule has 0 N–H and O–H groups in total. The number of rotatable bonds is 5. The molecule has 0 spiro atoms. The maximum Gasteiger partial charge on any atom is 0.320 e. The van der Waals surface area contributed by atoms with E-state index in [1.807, 2.05) is 36.1 Å². The van der Waals surface area contributed by atoms with Crippen molar-refractivity contribution < 1.29 is 19.1 Å². The summed E-state index contributed by atoms with van der Waals surface area (Å²) in [5.41, 5.74) is 0.841. The lowest BCUT2D eigenvalue weighted by Crippen LogP contribution is -2.57. The molecule has 1 amide bonds. The predicted octanol–water partition coefficient (Wildman–Crippen LogP) is 1.30. The summed E-state index contributed by atoms with van der Waals surface area (Å²) >= 11 is 0. The highest BCUT2D eigenvalue weighted by atomic mass is 16.5. The number of esters is 1. The molecule has 1 aromatic carbocycles. The first-order chi connectivity index (χ1) is 10.6. The summed E-state index contributed by atoms with van der Waals surface area (Å²) in [4.78, 5) is 27.7. The zero-order valence-corrected chi connectivity index (χ0v) is 13.2. The summed E-state index contributed by atoms with van der Waals surface area (Å²) in [7, 11) is 1.61. The Labute approximate surface area is 130 Å². The number of carbonyl (C=O) groups excluding carboxylic acids is 2. The van der Waals surface area contributed by atoms with Crippen LogP contribution in [0.3, 0.4) is 0 Å². The van der Waals surface area contributed by atoms with Crippen LogP contribution in [-0.4, -0.2) is 56.2 Å². The van der Waals surface area contributed by atoms with Gasteiger partial charge in [0.05, 0.1) is 26.3 Å². The minimum absolute atomic E-state index is 0.0132. The van der Waals surface area contributed by atoms with E-state index in [-0.39, 0.29) is 24.5 Å². The van der Waals surface area contributed by atoms with Crippen LogP contribution < -0.4 is 9.64 Å². The Hall–Kier alpha value is -2.08. The first-order valence-corrected chi connectivity index (χ1v) is 7.42. The van der Waals surface area contributed by atoms with Crippen molar-refractivity contribution in [3.05, 3.63) is 24.3 Å². The SMILES string of the molecule is CCOC(=O)CN1CCN(c2ccc(OC)cc2)C(=O)[C@H]1C. The Morgan fingerprint density at radius 3 is 2.55 bits per heavy atom. The number of piperazine rings is 1. The summed E-state index contributed by atoms with van der Waals surface area (Å²) in [6.07, 6.45) is 0. The molecule has 0 bridgehead atoms. The molecule has 1 heterocycles. The standard InChI is InChI=1S/C16H22N2O4/c1-4-22-15(19)11-17-9-10-18(16(20)12(17)2)13-5-7-14(21-3)8-6-13/h5-8,12H,4,9-11H2,1-3H3/t12-/m1/s1. The van der Waals surface area contributed by atoms with Crippen molar-refractivity contribution in [3.63, 3.8) is 0 Å². The molecule has 0 aromatic heterocycles. The summed E-state index contributed by atoms with van der Waals surface area (Å²) in [6.45, 7) is 5.28. The summed E-state index contributed by atoms with van der Waals surface area (Å²) in [6, 6.07) is 7.05. The highest BCUT2D eigenvalue weighted by molar-refractivity contribution is 5.98. The van der Waals surface area contributed by atoms with Crippen LogP contribution in [0.4, 0.5) is 5.69 Å². The number of amides is 1.